The summed E-state index contributed by atoms with van der Waals surface area (Å²) in [6.45, 7) is 0.422. The van der Waals surface area contributed by atoms with E-state index in [0.29, 0.717) is 16.7 Å². The minimum Gasteiger partial charge on any atom is -0.489 e. The van der Waals surface area contributed by atoms with E-state index in [4.69, 9.17) is 27.9 Å². The molecule has 0 saturated heterocycles. The SMILES string of the molecule is O[C@@H]1CCCc2ccc(OCc3ccc(Cl)c(Cl)c3)cc21. The van der Waals surface area contributed by atoms with Gasteiger partial charge in [0.2, 0.25) is 0 Å². The molecule has 0 amide bonds. The van der Waals surface area contributed by atoms with Gasteiger partial charge in [0.15, 0.2) is 0 Å². The fourth-order valence-corrected chi connectivity index (χ4v) is 2.96. The lowest BCUT2D eigenvalue weighted by Gasteiger charge is -2.22. The van der Waals surface area contributed by atoms with Gasteiger partial charge in [0.25, 0.3) is 0 Å². The highest BCUT2D eigenvalue weighted by molar-refractivity contribution is 6.42. The van der Waals surface area contributed by atoms with Crippen molar-refractivity contribution in [2.24, 2.45) is 0 Å². The molecule has 0 radical (unpaired) electrons. The summed E-state index contributed by atoms with van der Waals surface area (Å²) in [5.41, 5.74) is 3.17. The van der Waals surface area contributed by atoms with E-state index >= 15 is 0 Å². The van der Waals surface area contributed by atoms with Crippen LogP contribution in [0.1, 0.15) is 35.6 Å². The second-order valence-electron chi connectivity index (χ2n) is 5.31. The summed E-state index contributed by atoms with van der Waals surface area (Å²) < 4.78 is 5.79. The third-order valence-corrected chi connectivity index (χ3v) is 4.53. The number of hydrogen-bond donors (Lipinski definition) is 1. The molecule has 2 aromatic rings. The van der Waals surface area contributed by atoms with Gasteiger partial charge in [-0.3, -0.25) is 0 Å². The van der Waals surface area contributed by atoms with Gasteiger partial charge < -0.3 is 9.84 Å². The highest BCUT2D eigenvalue weighted by Crippen LogP contribution is 2.32. The Morgan fingerprint density at radius 1 is 1.10 bits per heavy atom. The molecule has 4 heteroatoms. The Balaban J connectivity index is 1.73. The summed E-state index contributed by atoms with van der Waals surface area (Å²) in [6.07, 6.45) is 2.52. The van der Waals surface area contributed by atoms with Crippen LogP contribution in [-0.2, 0) is 13.0 Å². The van der Waals surface area contributed by atoms with Crippen molar-refractivity contribution in [3.8, 4) is 5.75 Å². The zero-order valence-corrected chi connectivity index (χ0v) is 13.0. The molecule has 21 heavy (non-hydrogen) atoms. The Morgan fingerprint density at radius 3 is 2.76 bits per heavy atom. The molecule has 0 bridgehead atoms. The third kappa shape index (κ3) is 3.34. The van der Waals surface area contributed by atoms with Crippen LogP contribution in [0.2, 0.25) is 10.0 Å². The highest BCUT2D eigenvalue weighted by atomic mass is 35.5. The molecule has 0 saturated carbocycles. The summed E-state index contributed by atoms with van der Waals surface area (Å²) in [5, 5.41) is 11.1. The van der Waals surface area contributed by atoms with Gasteiger partial charge in [-0.2, -0.15) is 0 Å². The Morgan fingerprint density at radius 2 is 1.95 bits per heavy atom. The van der Waals surface area contributed by atoms with Crippen LogP contribution < -0.4 is 4.74 Å². The predicted molar refractivity (Wildman–Crippen MR) is 85.1 cm³/mol. The lowest BCUT2D eigenvalue weighted by molar-refractivity contribution is 0.156. The monoisotopic (exact) mass is 322 g/mol. The average Bonchev–Trinajstić information content (AvgIpc) is 2.49. The van der Waals surface area contributed by atoms with Crippen molar-refractivity contribution in [1.29, 1.82) is 0 Å². The maximum atomic E-state index is 10.1. The Kier molecular flexibility index (Phi) is 4.39. The van der Waals surface area contributed by atoms with E-state index in [1.807, 2.05) is 24.3 Å². The largest absolute Gasteiger partial charge is 0.489 e. The first-order valence-corrected chi connectivity index (χ1v) is 7.76. The third-order valence-electron chi connectivity index (χ3n) is 3.79. The van der Waals surface area contributed by atoms with Crippen LogP contribution in [0.5, 0.6) is 5.75 Å². The maximum absolute atomic E-state index is 10.1. The maximum Gasteiger partial charge on any atom is 0.120 e. The van der Waals surface area contributed by atoms with E-state index in [1.165, 1.54) is 5.56 Å². The normalized spacial score (nSPS) is 17.4. The molecule has 3 rings (SSSR count). The summed E-state index contributed by atoms with van der Waals surface area (Å²) in [7, 11) is 0. The van der Waals surface area contributed by atoms with Crippen molar-refractivity contribution in [3.05, 3.63) is 63.1 Å². The van der Waals surface area contributed by atoms with Crippen molar-refractivity contribution in [1.82, 2.24) is 0 Å². The lowest BCUT2D eigenvalue weighted by Crippen LogP contribution is -2.09. The molecule has 0 heterocycles. The van der Waals surface area contributed by atoms with E-state index in [1.54, 1.807) is 12.1 Å². The molecular weight excluding hydrogens is 307 g/mol. The molecular formula is C17H16Cl2O2. The van der Waals surface area contributed by atoms with Gasteiger partial charge >= 0.3 is 0 Å². The van der Waals surface area contributed by atoms with Gasteiger partial charge in [-0.05, 0) is 60.2 Å². The van der Waals surface area contributed by atoms with Crippen LogP contribution in [0.3, 0.4) is 0 Å². The minimum absolute atomic E-state index is 0.373. The zero-order chi connectivity index (χ0) is 14.8. The standard InChI is InChI=1S/C17H16Cl2O2/c18-15-7-4-11(8-16(15)19)10-21-13-6-5-12-2-1-3-17(20)14(12)9-13/h4-9,17,20H,1-3,10H2/t17-/m1/s1. The van der Waals surface area contributed by atoms with Crippen LogP contribution in [0.25, 0.3) is 0 Å². The molecule has 0 aliphatic heterocycles. The fraction of sp³-hybridized carbons (Fsp3) is 0.294. The summed E-state index contributed by atoms with van der Waals surface area (Å²) in [6, 6.07) is 11.4. The van der Waals surface area contributed by atoms with Crippen molar-refractivity contribution in [2.45, 2.75) is 32.0 Å². The Labute approximate surface area is 134 Å². The number of halogens is 2. The molecule has 0 spiro atoms. The minimum atomic E-state index is -0.373. The molecule has 1 aliphatic carbocycles. The number of hydrogen-bond acceptors (Lipinski definition) is 2. The lowest BCUT2D eigenvalue weighted by atomic mass is 9.89. The number of aliphatic hydroxyl groups excluding tert-OH is 1. The van der Waals surface area contributed by atoms with Crippen LogP contribution in [0.15, 0.2) is 36.4 Å². The first-order chi connectivity index (χ1) is 10.1. The molecule has 0 fully saturated rings. The van der Waals surface area contributed by atoms with Gasteiger partial charge in [0, 0.05) is 0 Å². The topological polar surface area (TPSA) is 29.5 Å². The molecule has 0 unspecified atom stereocenters. The number of benzene rings is 2. The first-order valence-electron chi connectivity index (χ1n) is 7.01. The molecule has 1 atom stereocenters. The van der Waals surface area contributed by atoms with Gasteiger partial charge in [-0.1, -0.05) is 35.3 Å². The average molecular weight is 323 g/mol. The van der Waals surface area contributed by atoms with Crippen LogP contribution in [-0.4, -0.2) is 5.11 Å². The zero-order valence-electron chi connectivity index (χ0n) is 11.5. The number of fused-ring (bicyclic) bond motifs is 1. The summed E-state index contributed by atoms with van der Waals surface area (Å²) in [4.78, 5) is 0. The Bertz CT molecular complexity index is 655. The fourth-order valence-electron chi connectivity index (χ4n) is 2.64. The molecule has 0 aromatic heterocycles. The van der Waals surface area contributed by atoms with Crippen molar-refractivity contribution in [2.75, 3.05) is 0 Å². The highest BCUT2D eigenvalue weighted by Gasteiger charge is 2.18. The number of rotatable bonds is 3. The van der Waals surface area contributed by atoms with E-state index in [2.05, 4.69) is 0 Å². The van der Waals surface area contributed by atoms with E-state index in [-0.39, 0.29) is 6.10 Å². The van der Waals surface area contributed by atoms with E-state index < -0.39 is 0 Å². The van der Waals surface area contributed by atoms with Gasteiger partial charge in [0.05, 0.1) is 16.1 Å². The molecule has 1 aliphatic rings. The first kappa shape index (κ1) is 14.7. The van der Waals surface area contributed by atoms with Gasteiger partial charge in [0.1, 0.15) is 12.4 Å². The van der Waals surface area contributed by atoms with Crippen LogP contribution >= 0.6 is 23.2 Å². The second kappa shape index (κ2) is 6.27. The van der Waals surface area contributed by atoms with Crippen molar-refractivity contribution in [3.63, 3.8) is 0 Å². The molecule has 1 N–H and O–H groups in total. The van der Waals surface area contributed by atoms with E-state index in [9.17, 15) is 5.11 Å². The molecule has 110 valence electrons. The quantitative estimate of drug-likeness (QED) is 0.867. The second-order valence-corrected chi connectivity index (χ2v) is 6.12. The predicted octanol–water partition coefficient (Wildman–Crippen LogP) is 4.94. The van der Waals surface area contributed by atoms with Crippen molar-refractivity contribution < 1.29 is 9.84 Å². The van der Waals surface area contributed by atoms with Crippen LogP contribution in [0, 0.1) is 0 Å². The van der Waals surface area contributed by atoms with Crippen molar-refractivity contribution >= 4 is 23.2 Å². The smallest absolute Gasteiger partial charge is 0.120 e. The van der Waals surface area contributed by atoms with Gasteiger partial charge in [-0.25, -0.2) is 0 Å². The summed E-state index contributed by atoms with van der Waals surface area (Å²) in [5.74, 6) is 0.765. The molecule has 2 nitrogen and oxygen atoms in total. The summed E-state index contributed by atoms with van der Waals surface area (Å²) >= 11 is 11.9. The number of aryl methyl sites for hydroxylation is 1. The van der Waals surface area contributed by atoms with E-state index in [0.717, 1.165) is 36.1 Å². The van der Waals surface area contributed by atoms with Crippen LogP contribution in [0.4, 0.5) is 0 Å². The van der Waals surface area contributed by atoms with Gasteiger partial charge in [-0.15, -0.1) is 0 Å². The molecule has 2 aromatic carbocycles. The number of ether oxygens (including phenoxy) is 1. The number of aliphatic hydroxyl groups is 1. The Hall–Kier alpha value is -1.22.